The minimum atomic E-state index is -0.950. The number of carbonyl (C=O) groups is 2. The largest absolute Gasteiger partial charge is 0.478 e. The molecule has 0 spiro atoms. The van der Waals surface area contributed by atoms with Crippen LogP contribution in [0.1, 0.15) is 28.9 Å². The third kappa shape index (κ3) is 4.89. The van der Waals surface area contributed by atoms with Crippen molar-refractivity contribution < 1.29 is 19.4 Å². The number of benzene rings is 1. The Hall–Kier alpha value is -2.80. The zero-order valence-corrected chi connectivity index (χ0v) is 15.3. The highest BCUT2D eigenvalue weighted by molar-refractivity contribution is 5.88. The molecule has 0 unspecified atom stereocenters. The van der Waals surface area contributed by atoms with Crippen LogP contribution in [-0.4, -0.2) is 58.7 Å². The average molecular weight is 369 g/mol. The van der Waals surface area contributed by atoms with Crippen molar-refractivity contribution >= 4 is 11.9 Å². The summed E-state index contributed by atoms with van der Waals surface area (Å²) in [5.41, 5.74) is 2.67. The zero-order chi connectivity index (χ0) is 19.2. The van der Waals surface area contributed by atoms with Gasteiger partial charge in [-0.1, -0.05) is 12.1 Å². The summed E-state index contributed by atoms with van der Waals surface area (Å²) in [4.78, 5) is 33.8. The number of amides is 1. The van der Waals surface area contributed by atoms with Crippen LogP contribution in [0.4, 0.5) is 0 Å². The van der Waals surface area contributed by atoms with Gasteiger partial charge >= 0.3 is 5.97 Å². The Morgan fingerprint density at radius 1 is 1.22 bits per heavy atom. The maximum Gasteiger partial charge on any atom is 0.335 e. The number of hydrogen-bond acceptors (Lipinski definition) is 5. The number of hydrogen-bond donors (Lipinski definition) is 1. The fourth-order valence-corrected chi connectivity index (χ4v) is 3.36. The monoisotopic (exact) mass is 369 g/mol. The molecule has 0 radical (unpaired) electrons. The Morgan fingerprint density at radius 2 is 2.00 bits per heavy atom. The highest BCUT2D eigenvalue weighted by Crippen LogP contribution is 2.21. The normalized spacial score (nSPS) is 16.9. The van der Waals surface area contributed by atoms with Crippen LogP contribution >= 0.6 is 0 Å². The first kappa shape index (κ1) is 19.0. The number of carboxylic acids is 1. The molecule has 1 aliphatic rings. The molecule has 0 aliphatic carbocycles. The third-order valence-corrected chi connectivity index (χ3v) is 4.77. The second-order valence-corrected chi connectivity index (χ2v) is 6.76. The lowest BCUT2D eigenvalue weighted by Crippen LogP contribution is -2.42. The number of carboxylic acid groups (broad SMARTS) is 1. The Balaban J connectivity index is 1.62. The van der Waals surface area contributed by atoms with Crippen LogP contribution in [0.2, 0.25) is 0 Å². The molecule has 1 aromatic heterocycles. The molecular weight excluding hydrogens is 346 g/mol. The van der Waals surface area contributed by atoms with Gasteiger partial charge in [0, 0.05) is 32.0 Å². The van der Waals surface area contributed by atoms with Crippen molar-refractivity contribution in [1.29, 1.82) is 0 Å². The van der Waals surface area contributed by atoms with Crippen molar-refractivity contribution in [1.82, 2.24) is 14.9 Å². The van der Waals surface area contributed by atoms with E-state index < -0.39 is 5.97 Å². The van der Waals surface area contributed by atoms with E-state index in [1.165, 1.54) is 7.11 Å². The summed E-state index contributed by atoms with van der Waals surface area (Å²) in [6, 6.07) is 6.57. The van der Waals surface area contributed by atoms with E-state index in [1.807, 2.05) is 4.90 Å². The van der Waals surface area contributed by atoms with Crippen molar-refractivity contribution in [2.24, 2.45) is 5.92 Å². The minimum absolute atomic E-state index is 0.0356. The van der Waals surface area contributed by atoms with Gasteiger partial charge in [-0.2, -0.15) is 0 Å². The van der Waals surface area contributed by atoms with Crippen LogP contribution in [0.3, 0.4) is 0 Å². The molecule has 1 N–H and O–H groups in total. The molecule has 3 rings (SSSR count). The van der Waals surface area contributed by atoms with Crippen LogP contribution in [0, 0.1) is 5.92 Å². The van der Waals surface area contributed by atoms with Gasteiger partial charge in [-0.05, 0) is 37.3 Å². The Kier molecular flexibility index (Phi) is 6.13. The van der Waals surface area contributed by atoms with E-state index in [9.17, 15) is 9.59 Å². The van der Waals surface area contributed by atoms with E-state index in [4.69, 9.17) is 9.84 Å². The summed E-state index contributed by atoms with van der Waals surface area (Å²) >= 11 is 0. The molecule has 0 bridgehead atoms. The summed E-state index contributed by atoms with van der Waals surface area (Å²) in [6.07, 6.45) is 6.30. The molecule has 1 aromatic carbocycles. The summed E-state index contributed by atoms with van der Waals surface area (Å²) < 4.78 is 4.94. The summed E-state index contributed by atoms with van der Waals surface area (Å²) in [5, 5.41) is 8.96. The van der Waals surface area contributed by atoms with E-state index in [-0.39, 0.29) is 18.1 Å². The Labute approximate surface area is 158 Å². The highest BCUT2D eigenvalue weighted by Gasteiger charge is 2.24. The van der Waals surface area contributed by atoms with E-state index in [0.29, 0.717) is 11.6 Å². The number of carbonyl (C=O) groups excluding carboxylic acids is 1. The zero-order valence-electron chi connectivity index (χ0n) is 15.3. The number of piperidine rings is 1. The quantitative estimate of drug-likeness (QED) is 0.840. The van der Waals surface area contributed by atoms with E-state index in [2.05, 4.69) is 9.97 Å². The first-order valence-electron chi connectivity index (χ1n) is 8.98. The molecule has 0 saturated carbocycles. The lowest BCUT2D eigenvalue weighted by Gasteiger charge is -2.32. The number of likely N-dealkylation sites (tertiary alicyclic amines) is 1. The van der Waals surface area contributed by atoms with E-state index in [1.54, 1.807) is 36.7 Å². The molecule has 1 atom stereocenters. The first-order chi connectivity index (χ1) is 13.1. The fraction of sp³-hybridized carbons (Fsp3) is 0.400. The van der Waals surface area contributed by atoms with Crippen LogP contribution < -0.4 is 0 Å². The minimum Gasteiger partial charge on any atom is -0.478 e. The molecule has 2 aromatic rings. The van der Waals surface area contributed by atoms with Crippen LogP contribution in [-0.2, 0) is 16.0 Å². The molecule has 1 aliphatic heterocycles. The smallest absolute Gasteiger partial charge is 0.335 e. The molecule has 1 saturated heterocycles. The molecular formula is C20H23N3O4. The van der Waals surface area contributed by atoms with Crippen LogP contribution in [0.5, 0.6) is 0 Å². The van der Waals surface area contributed by atoms with Gasteiger partial charge in [0.05, 0.1) is 23.1 Å². The van der Waals surface area contributed by atoms with Gasteiger partial charge in [-0.15, -0.1) is 0 Å². The van der Waals surface area contributed by atoms with Crippen LogP contribution in [0.25, 0.3) is 11.3 Å². The number of nitrogens with zero attached hydrogens (tertiary/aromatic N) is 3. The Morgan fingerprint density at radius 3 is 2.63 bits per heavy atom. The van der Waals surface area contributed by atoms with Gasteiger partial charge in [0.1, 0.15) is 6.61 Å². The summed E-state index contributed by atoms with van der Waals surface area (Å²) in [6.45, 7) is 1.64. The van der Waals surface area contributed by atoms with Crippen molar-refractivity contribution in [3.63, 3.8) is 0 Å². The number of ether oxygens (including phenoxy) is 1. The molecule has 1 fully saturated rings. The second kappa shape index (κ2) is 8.73. The van der Waals surface area contributed by atoms with Gasteiger partial charge < -0.3 is 14.7 Å². The topological polar surface area (TPSA) is 92.6 Å². The summed E-state index contributed by atoms with van der Waals surface area (Å²) in [7, 11) is 1.53. The SMILES string of the molecule is COCC(=O)N1CCC[C@H](Cc2cnc(-c3ccc(C(=O)O)cc3)cn2)C1. The summed E-state index contributed by atoms with van der Waals surface area (Å²) in [5.74, 6) is -0.545. The Bertz CT molecular complexity index is 790. The predicted octanol–water partition coefficient (Wildman–Crippen LogP) is 2.27. The number of methoxy groups -OCH3 is 1. The molecule has 7 heteroatoms. The van der Waals surface area contributed by atoms with Gasteiger partial charge in [-0.3, -0.25) is 14.8 Å². The molecule has 2 heterocycles. The van der Waals surface area contributed by atoms with Gasteiger partial charge in [0.25, 0.3) is 0 Å². The first-order valence-corrected chi connectivity index (χ1v) is 8.98. The number of rotatable bonds is 6. The fourth-order valence-electron chi connectivity index (χ4n) is 3.36. The van der Waals surface area contributed by atoms with Gasteiger partial charge in [-0.25, -0.2) is 4.79 Å². The number of aromatic carboxylic acids is 1. The van der Waals surface area contributed by atoms with Crippen molar-refractivity contribution in [3.8, 4) is 11.3 Å². The van der Waals surface area contributed by atoms with Crippen molar-refractivity contribution in [3.05, 3.63) is 47.9 Å². The third-order valence-electron chi connectivity index (χ3n) is 4.77. The van der Waals surface area contributed by atoms with Gasteiger partial charge in [0.15, 0.2) is 0 Å². The molecule has 27 heavy (non-hydrogen) atoms. The van der Waals surface area contributed by atoms with E-state index >= 15 is 0 Å². The lowest BCUT2D eigenvalue weighted by molar-refractivity contribution is -0.136. The number of aromatic nitrogens is 2. The van der Waals surface area contributed by atoms with Crippen molar-refractivity contribution in [2.45, 2.75) is 19.3 Å². The van der Waals surface area contributed by atoms with Crippen LogP contribution in [0.15, 0.2) is 36.7 Å². The van der Waals surface area contributed by atoms with E-state index in [0.717, 1.165) is 43.6 Å². The van der Waals surface area contributed by atoms with Crippen molar-refractivity contribution in [2.75, 3.05) is 26.8 Å². The molecule has 1 amide bonds. The highest BCUT2D eigenvalue weighted by atomic mass is 16.5. The maximum atomic E-state index is 12.0. The standard InChI is InChI=1S/C20H23N3O4/c1-27-13-19(24)23-8-2-3-14(12-23)9-17-10-22-18(11-21-17)15-4-6-16(7-5-15)20(25)26/h4-7,10-11,14H,2-3,8-9,12-13H2,1H3,(H,25,26)/t14-/m1/s1. The van der Waals surface area contributed by atoms with Gasteiger partial charge in [0.2, 0.25) is 5.91 Å². The second-order valence-electron chi connectivity index (χ2n) is 6.76. The molecule has 142 valence electrons. The maximum absolute atomic E-state index is 12.0. The predicted molar refractivity (Wildman–Crippen MR) is 99.3 cm³/mol. The average Bonchev–Trinajstić information content (AvgIpc) is 2.69. The lowest BCUT2D eigenvalue weighted by atomic mass is 9.93. The molecule has 7 nitrogen and oxygen atoms in total.